The fourth-order valence-electron chi connectivity index (χ4n) is 3.27. The average molecular weight is 428 g/mol. The lowest BCUT2D eigenvalue weighted by Crippen LogP contribution is -2.54. The zero-order valence-electron chi connectivity index (χ0n) is 16.9. The average Bonchev–Trinajstić information content (AvgIpc) is 2.73. The van der Waals surface area contributed by atoms with Gasteiger partial charge in [0.15, 0.2) is 5.11 Å². The third kappa shape index (κ3) is 4.04. The van der Waals surface area contributed by atoms with E-state index in [2.05, 4.69) is 24.1 Å². The van der Waals surface area contributed by atoms with Crippen LogP contribution in [-0.2, 0) is 9.59 Å². The van der Waals surface area contributed by atoms with Gasteiger partial charge in [0.2, 0.25) is 0 Å². The smallest absolute Gasteiger partial charge is 0.270 e. The van der Waals surface area contributed by atoms with Crippen molar-refractivity contribution < 1.29 is 18.7 Å². The van der Waals surface area contributed by atoms with Crippen LogP contribution in [0, 0.1) is 5.82 Å². The zero-order valence-corrected chi connectivity index (χ0v) is 17.8. The zero-order chi connectivity index (χ0) is 21.8. The van der Waals surface area contributed by atoms with Crippen LogP contribution in [0.1, 0.15) is 19.4 Å². The van der Waals surface area contributed by atoms with Crippen molar-refractivity contribution in [1.82, 2.24) is 5.32 Å². The van der Waals surface area contributed by atoms with E-state index in [0.29, 0.717) is 11.3 Å². The fourth-order valence-corrected chi connectivity index (χ4v) is 3.54. The first-order valence-electron chi connectivity index (χ1n) is 9.50. The standard InChI is InChI=1S/C22H22FN3O3S/c1-4-25(5-2)15-11-10-14(19(13-15)29-3)12-16-20(27)24-22(30)26(21(16)28)18-9-7-6-8-17(18)23/h6-13H,4-5H2,1-3H3,(H,24,27,30)/b16-12-. The van der Waals surface area contributed by atoms with Gasteiger partial charge < -0.3 is 9.64 Å². The summed E-state index contributed by atoms with van der Waals surface area (Å²) in [7, 11) is 1.52. The maximum absolute atomic E-state index is 14.3. The van der Waals surface area contributed by atoms with Crippen molar-refractivity contribution in [3.63, 3.8) is 0 Å². The summed E-state index contributed by atoms with van der Waals surface area (Å²) in [4.78, 5) is 28.7. The molecule has 0 aliphatic carbocycles. The minimum atomic E-state index is -0.705. The highest BCUT2D eigenvalue weighted by atomic mass is 32.1. The molecule has 156 valence electrons. The lowest BCUT2D eigenvalue weighted by molar-refractivity contribution is -0.122. The summed E-state index contributed by atoms with van der Waals surface area (Å²) >= 11 is 5.11. The number of para-hydroxylation sites is 1. The second-order valence-electron chi connectivity index (χ2n) is 6.51. The van der Waals surface area contributed by atoms with Gasteiger partial charge in [-0.25, -0.2) is 9.29 Å². The van der Waals surface area contributed by atoms with Gasteiger partial charge in [-0.05, 0) is 56.4 Å². The van der Waals surface area contributed by atoms with Gasteiger partial charge in [-0.3, -0.25) is 14.9 Å². The Bertz CT molecular complexity index is 1030. The van der Waals surface area contributed by atoms with E-state index in [1.165, 1.54) is 31.4 Å². The molecule has 0 spiro atoms. The molecule has 1 heterocycles. The Morgan fingerprint density at radius 1 is 1.17 bits per heavy atom. The molecule has 6 nitrogen and oxygen atoms in total. The monoisotopic (exact) mass is 427 g/mol. The molecule has 1 aliphatic heterocycles. The Kier molecular flexibility index (Phi) is 6.47. The Hall–Kier alpha value is -3.26. The summed E-state index contributed by atoms with van der Waals surface area (Å²) in [6.07, 6.45) is 1.43. The van der Waals surface area contributed by atoms with Gasteiger partial charge in [0.25, 0.3) is 11.8 Å². The summed E-state index contributed by atoms with van der Waals surface area (Å²) in [5.74, 6) is -1.46. The number of carbonyl (C=O) groups excluding carboxylic acids is 2. The topological polar surface area (TPSA) is 61.9 Å². The first-order chi connectivity index (χ1) is 14.4. The minimum Gasteiger partial charge on any atom is -0.496 e. The van der Waals surface area contributed by atoms with Crippen molar-refractivity contribution >= 4 is 46.6 Å². The van der Waals surface area contributed by atoms with Crippen LogP contribution >= 0.6 is 12.2 Å². The number of nitrogens with one attached hydrogen (secondary N) is 1. The van der Waals surface area contributed by atoms with Crippen molar-refractivity contribution in [2.45, 2.75) is 13.8 Å². The van der Waals surface area contributed by atoms with E-state index in [0.717, 1.165) is 23.7 Å². The third-order valence-corrected chi connectivity index (χ3v) is 5.13. The highest BCUT2D eigenvalue weighted by Crippen LogP contribution is 2.30. The van der Waals surface area contributed by atoms with Crippen LogP contribution in [0.2, 0.25) is 0 Å². The first kappa shape index (κ1) is 21.4. The lowest BCUT2D eigenvalue weighted by Gasteiger charge is -2.29. The Balaban J connectivity index is 2.03. The summed E-state index contributed by atoms with van der Waals surface area (Å²) in [5.41, 5.74) is 1.32. The maximum atomic E-state index is 14.3. The van der Waals surface area contributed by atoms with E-state index in [9.17, 15) is 14.0 Å². The number of nitrogens with zero attached hydrogens (tertiary/aromatic N) is 2. The fraction of sp³-hybridized carbons (Fsp3) is 0.227. The molecular weight excluding hydrogens is 405 g/mol. The van der Waals surface area contributed by atoms with E-state index < -0.39 is 17.6 Å². The molecule has 2 amide bonds. The lowest BCUT2D eigenvalue weighted by atomic mass is 10.1. The quantitative estimate of drug-likeness (QED) is 0.434. The number of thiocarbonyl (C=S) groups is 1. The number of halogens is 1. The van der Waals surface area contributed by atoms with Crippen molar-refractivity contribution in [2.75, 3.05) is 30.0 Å². The SMILES string of the molecule is CCN(CC)c1ccc(/C=C2/C(=O)NC(=S)N(c3ccccc3F)C2=O)c(OC)c1. The molecular formula is C22H22FN3O3S. The van der Waals surface area contributed by atoms with Gasteiger partial charge in [0, 0.05) is 30.4 Å². The van der Waals surface area contributed by atoms with E-state index >= 15 is 0 Å². The van der Waals surface area contributed by atoms with E-state index in [1.54, 1.807) is 12.1 Å². The molecule has 0 bridgehead atoms. The summed E-state index contributed by atoms with van der Waals surface area (Å²) in [5, 5.41) is 2.28. The molecule has 1 fully saturated rings. The molecule has 8 heteroatoms. The van der Waals surface area contributed by atoms with Gasteiger partial charge in [0.05, 0.1) is 12.8 Å². The van der Waals surface area contributed by atoms with Crippen molar-refractivity contribution in [3.05, 3.63) is 59.4 Å². The van der Waals surface area contributed by atoms with Crippen LogP contribution in [0.15, 0.2) is 48.0 Å². The first-order valence-corrected chi connectivity index (χ1v) is 9.91. The van der Waals surface area contributed by atoms with Crippen molar-refractivity contribution in [2.24, 2.45) is 0 Å². The highest BCUT2D eigenvalue weighted by Gasteiger charge is 2.35. The predicted octanol–water partition coefficient (Wildman–Crippen LogP) is 3.51. The van der Waals surface area contributed by atoms with Gasteiger partial charge in [0.1, 0.15) is 17.1 Å². The number of carbonyl (C=O) groups is 2. The number of hydrogen-bond acceptors (Lipinski definition) is 5. The van der Waals surface area contributed by atoms with Gasteiger partial charge in [-0.15, -0.1) is 0 Å². The van der Waals surface area contributed by atoms with Gasteiger partial charge >= 0.3 is 0 Å². The molecule has 0 saturated carbocycles. The van der Waals surface area contributed by atoms with Crippen LogP contribution in [-0.4, -0.2) is 37.1 Å². The van der Waals surface area contributed by atoms with E-state index in [4.69, 9.17) is 17.0 Å². The summed E-state index contributed by atoms with van der Waals surface area (Å²) in [6, 6.07) is 11.3. The van der Waals surface area contributed by atoms with Gasteiger partial charge in [-0.1, -0.05) is 12.1 Å². The number of rotatable bonds is 6. The molecule has 0 unspecified atom stereocenters. The van der Waals surface area contributed by atoms with Crippen LogP contribution < -0.4 is 19.9 Å². The number of methoxy groups -OCH3 is 1. The molecule has 1 saturated heterocycles. The van der Waals surface area contributed by atoms with E-state index in [1.807, 2.05) is 12.1 Å². The molecule has 0 atom stereocenters. The van der Waals surface area contributed by atoms with Crippen LogP contribution in [0.25, 0.3) is 6.08 Å². The number of anilines is 2. The molecule has 3 rings (SSSR count). The van der Waals surface area contributed by atoms with E-state index in [-0.39, 0.29) is 16.4 Å². The normalized spacial score (nSPS) is 15.4. The number of benzene rings is 2. The molecule has 1 N–H and O–H groups in total. The Labute approximate surface area is 179 Å². The third-order valence-electron chi connectivity index (χ3n) is 4.84. The number of ether oxygens (including phenoxy) is 1. The van der Waals surface area contributed by atoms with Crippen molar-refractivity contribution in [1.29, 1.82) is 0 Å². The number of amides is 2. The minimum absolute atomic E-state index is 0.0257. The highest BCUT2D eigenvalue weighted by molar-refractivity contribution is 7.80. The molecule has 30 heavy (non-hydrogen) atoms. The Morgan fingerprint density at radius 3 is 2.50 bits per heavy atom. The molecule has 0 radical (unpaired) electrons. The van der Waals surface area contributed by atoms with Crippen LogP contribution in [0.4, 0.5) is 15.8 Å². The molecule has 2 aromatic rings. The molecule has 0 aromatic heterocycles. The van der Waals surface area contributed by atoms with Crippen LogP contribution in [0.3, 0.4) is 0 Å². The molecule has 1 aliphatic rings. The maximum Gasteiger partial charge on any atom is 0.270 e. The van der Waals surface area contributed by atoms with Gasteiger partial charge in [-0.2, -0.15) is 0 Å². The molecule has 2 aromatic carbocycles. The summed E-state index contributed by atoms with van der Waals surface area (Å²) < 4.78 is 19.7. The number of hydrogen-bond donors (Lipinski definition) is 1. The second kappa shape index (κ2) is 9.04. The Morgan fingerprint density at radius 2 is 1.87 bits per heavy atom. The second-order valence-corrected chi connectivity index (χ2v) is 6.89. The summed E-state index contributed by atoms with van der Waals surface area (Å²) in [6.45, 7) is 5.76. The predicted molar refractivity (Wildman–Crippen MR) is 119 cm³/mol. The largest absolute Gasteiger partial charge is 0.496 e. The van der Waals surface area contributed by atoms with Crippen LogP contribution in [0.5, 0.6) is 5.75 Å². The van der Waals surface area contributed by atoms with Crippen molar-refractivity contribution in [3.8, 4) is 5.75 Å².